The van der Waals surface area contributed by atoms with Crippen molar-refractivity contribution in [1.29, 1.82) is 0 Å². The first-order valence-electron chi connectivity index (χ1n) is 8.23. The van der Waals surface area contributed by atoms with Gasteiger partial charge in [0.1, 0.15) is 5.60 Å². The lowest BCUT2D eigenvalue weighted by molar-refractivity contribution is 0.00200. The van der Waals surface area contributed by atoms with E-state index in [1.807, 2.05) is 44.7 Å². The molecule has 1 heterocycles. The maximum atomic E-state index is 12.4. The molecule has 5 heteroatoms. The van der Waals surface area contributed by atoms with Gasteiger partial charge in [-0.2, -0.15) is 0 Å². The summed E-state index contributed by atoms with van der Waals surface area (Å²) in [6, 6.07) is 0.108. The number of ether oxygens (including phenoxy) is 1. The lowest BCUT2D eigenvalue weighted by Crippen LogP contribution is -2.55. The number of piperazine rings is 1. The zero-order valence-corrected chi connectivity index (χ0v) is 15.1. The third-order valence-electron chi connectivity index (χ3n) is 3.81. The van der Waals surface area contributed by atoms with Crippen LogP contribution in [0.1, 0.15) is 41.0 Å². The van der Waals surface area contributed by atoms with Crippen molar-refractivity contribution in [1.82, 2.24) is 9.80 Å². The van der Waals surface area contributed by atoms with E-state index in [1.54, 1.807) is 6.08 Å². The van der Waals surface area contributed by atoms with Gasteiger partial charge in [-0.3, -0.25) is 0 Å². The summed E-state index contributed by atoms with van der Waals surface area (Å²) in [6.45, 7) is 15.5. The van der Waals surface area contributed by atoms with Gasteiger partial charge in [-0.15, -0.1) is 0 Å². The van der Waals surface area contributed by atoms with Crippen LogP contribution in [0.4, 0.5) is 4.79 Å². The van der Waals surface area contributed by atoms with E-state index in [9.17, 15) is 4.79 Å². The van der Waals surface area contributed by atoms with Gasteiger partial charge in [-0.25, -0.2) is 4.79 Å². The van der Waals surface area contributed by atoms with Crippen molar-refractivity contribution in [3.05, 3.63) is 36.2 Å². The normalized spacial score (nSPS) is 20.5. The molecule has 1 rings (SSSR count). The Balaban J connectivity index is 2.88. The largest absolute Gasteiger partial charge is 0.444 e. The average Bonchev–Trinajstić information content (AvgIpc) is 2.49. The smallest absolute Gasteiger partial charge is 0.410 e. The van der Waals surface area contributed by atoms with Gasteiger partial charge >= 0.3 is 6.09 Å². The molecule has 0 bridgehead atoms. The summed E-state index contributed by atoms with van der Waals surface area (Å²) in [5, 5.41) is 0. The van der Waals surface area contributed by atoms with Gasteiger partial charge in [0.2, 0.25) is 0 Å². The molecule has 0 aromatic carbocycles. The summed E-state index contributed by atoms with van der Waals surface area (Å²) in [5.41, 5.74) is 7.31. The molecule has 1 amide bonds. The number of nitrogens with zero attached hydrogens (tertiary/aromatic N) is 2. The van der Waals surface area contributed by atoms with Crippen LogP contribution in [-0.2, 0) is 4.74 Å². The summed E-state index contributed by atoms with van der Waals surface area (Å²) in [4.78, 5) is 16.4. The molecule has 1 aliphatic rings. The first kappa shape index (κ1) is 19.1. The van der Waals surface area contributed by atoms with Crippen LogP contribution < -0.4 is 5.73 Å². The summed E-state index contributed by atoms with van der Waals surface area (Å²) >= 11 is 0. The number of hydrogen-bond donors (Lipinski definition) is 1. The highest BCUT2D eigenvalue weighted by Crippen LogP contribution is 2.22. The molecule has 1 aliphatic heterocycles. The van der Waals surface area contributed by atoms with E-state index in [-0.39, 0.29) is 12.1 Å². The van der Waals surface area contributed by atoms with Crippen LogP contribution in [0.2, 0.25) is 0 Å². The topological polar surface area (TPSA) is 58.8 Å². The molecule has 0 aromatic heterocycles. The van der Waals surface area contributed by atoms with Crippen molar-refractivity contribution in [2.45, 2.75) is 52.7 Å². The van der Waals surface area contributed by atoms with E-state index in [0.29, 0.717) is 6.54 Å². The Morgan fingerprint density at radius 3 is 2.52 bits per heavy atom. The zero-order valence-electron chi connectivity index (χ0n) is 15.1. The van der Waals surface area contributed by atoms with Crippen molar-refractivity contribution in [2.24, 2.45) is 5.73 Å². The number of amides is 1. The summed E-state index contributed by atoms with van der Waals surface area (Å²) in [6.07, 6.45) is 6.18. The van der Waals surface area contributed by atoms with Gasteiger partial charge in [0.05, 0.1) is 17.4 Å². The van der Waals surface area contributed by atoms with E-state index in [1.165, 1.54) is 0 Å². The van der Waals surface area contributed by atoms with Gasteiger partial charge in [0, 0.05) is 19.6 Å². The molecule has 0 aliphatic carbocycles. The molecule has 0 radical (unpaired) electrons. The Labute approximate surface area is 140 Å². The number of nitrogens with two attached hydrogens (primary N) is 1. The second-order valence-electron chi connectivity index (χ2n) is 6.71. The maximum absolute atomic E-state index is 12.4. The minimum atomic E-state index is -0.476. The Hall–Kier alpha value is -1.91. The monoisotopic (exact) mass is 321 g/mol. The van der Waals surface area contributed by atoms with E-state index in [2.05, 4.69) is 18.4 Å². The summed E-state index contributed by atoms with van der Waals surface area (Å²) < 4.78 is 5.52. The Bertz CT molecular complexity index is 489. The number of allylic oxidation sites excluding steroid dienone is 3. The maximum Gasteiger partial charge on any atom is 0.410 e. The van der Waals surface area contributed by atoms with Crippen LogP contribution in [0, 0.1) is 0 Å². The molecule has 0 saturated carbocycles. The third-order valence-corrected chi connectivity index (χ3v) is 3.81. The fraction of sp³-hybridized carbons (Fsp3) is 0.611. The van der Waals surface area contributed by atoms with Gasteiger partial charge in [-0.05, 0) is 40.2 Å². The molecule has 5 nitrogen and oxygen atoms in total. The molecular weight excluding hydrogens is 290 g/mol. The molecular formula is C18H31N3O2. The molecule has 0 spiro atoms. The first-order chi connectivity index (χ1) is 10.7. The lowest BCUT2D eigenvalue weighted by Gasteiger charge is -2.43. The number of carbonyl (C=O) groups excluding carboxylic acids is 1. The minimum Gasteiger partial charge on any atom is -0.444 e. The van der Waals surface area contributed by atoms with Crippen LogP contribution >= 0.6 is 0 Å². The number of carbonyl (C=O) groups is 1. The highest BCUT2D eigenvalue weighted by atomic mass is 16.6. The Morgan fingerprint density at radius 2 is 2.04 bits per heavy atom. The van der Waals surface area contributed by atoms with Gasteiger partial charge in [0.15, 0.2) is 0 Å². The minimum absolute atomic E-state index is 0.108. The van der Waals surface area contributed by atoms with Crippen molar-refractivity contribution in [3.63, 3.8) is 0 Å². The SMILES string of the molecule is C=C/C=C(\C(N)=C/C)N1CCN(C(=O)OC(C)(C)C)[C@@H](CC)C1. The predicted octanol–water partition coefficient (Wildman–Crippen LogP) is 3.25. The fourth-order valence-corrected chi connectivity index (χ4v) is 2.63. The quantitative estimate of drug-likeness (QED) is 0.808. The second kappa shape index (κ2) is 8.09. The molecule has 1 saturated heterocycles. The van der Waals surface area contributed by atoms with Gasteiger partial charge < -0.3 is 20.3 Å². The van der Waals surface area contributed by atoms with E-state index in [0.717, 1.165) is 30.9 Å². The van der Waals surface area contributed by atoms with Crippen molar-refractivity contribution >= 4 is 6.09 Å². The van der Waals surface area contributed by atoms with Crippen LogP contribution in [0.3, 0.4) is 0 Å². The Morgan fingerprint density at radius 1 is 1.39 bits per heavy atom. The predicted molar refractivity (Wildman–Crippen MR) is 94.8 cm³/mol. The highest BCUT2D eigenvalue weighted by Gasteiger charge is 2.33. The van der Waals surface area contributed by atoms with Crippen molar-refractivity contribution < 1.29 is 9.53 Å². The fourth-order valence-electron chi connectivity index (χ4n) is 2.63. The molecule has 1 atom stereocenters. The third kappa shape index (κ3) is 5.34. The van der Waals surface area contributed by atoms with Crippen LogP contribution in [0.25, 0.3) is 0 Å². The van der Waals surface area contributed by atoms with E-state index in [4.69, 9.17) is 10.5 Å². The first-order valence-corrected chi connectivity index (χ1v) is 8.23. The molecule has 0 aromatic rings. The van der Waals surface area contributed by atoms with Gasteiger partial charge in [0.25, 0.3) is 0 Å². The van der Waals surface area contributed by atoms with Crippen LogP contribution in [0.5, 0.6) is 0 Å². The second-order valence-corrected chi connectivity index (χ2v) is 6.71. The number of hydrogen-bond acceptors (Lipinski definition) is 4. The van der Waals surface area contributed by atoms with E-state index >= 15 is 0 Å². The van der Waals surface area contributed by atoms with E-state index < -0.39 is 5.60 Å². The molecule has 23 heavy (non-hydrogen) atoms. The van der Waals surface area contributed by atoms with Crippen LogP contribution in [0.15, 0.2) is 36.2 Å². The number of rotatable bonds is 4. The molecule has 2 N–H and O–H groups in total. The Kier molecular flexibility index (Phi) is 6.73. The zero-order chi connectivity index (χ0) is 17.6. The van der Waals surface area contributed by atoms with Crippen molar-refractivity contribution in [2.75, 3.05) is 19.6 Å². The summed E-state index contributed by atoms with van der Waals surface area (Å²) in [5.74, 6) is 0. The molecule has 130 valence electrons. The van der Waals surface area contributed by atoms with Crippen molar-refractivity contribution in [3.8, 4) is 0 Å². The lowest BCUT2D eigenvalue weighted by atomic mass is 10.1. The highest BCUT2D eigenvalue weighted by molar-refractivity contribution is 5.68. The summed E-state index contributed by atoms with van der Waals surface area (Å²) in [7, 11) is 0. The standard InChI is InChI=1S/C18H31N3O2/c1-7-10-16(15(19)9-3)20-11-12-21(14(8-2)13-20)17(22)23-18(4,5)6/h7,9-10,14H,1,8,11-13,19H2,2-6H3/b15-9+,16-10+/t14-/m0/s1. The molecule has 1 fully saturated rings. The molecule has 0 unspecified atom stereocenters. The van der Waals surface area contributed by atoms with Gasteiger partial charge in [-0.1, -0.05) is 25.7 Å². The van der Waals surface area contributed by atoms with Crippen LogP contribution in [-0.4, -0.2) is 47.2 Å². The average molecular weight is 321 g/mol.